The van der Waals surface area contributed by atoms with Crippen molar-refractivity contribution in [3.63, 3.8) is 0 Å². The molecule has 4 heteroatoms. The highest BCUT2D eigenvalue weighted by molar-refractivity contribution is 5.68. The minimum atomic E-state index is -0.371. The van der Waals surface area contributed by atoms with E-state index in [-0.39, 0.29) is 31.2 Å². The third kappa shape index (κ3) is 3.00. The van der Waals surface area contributed by atoms with E-state index >= 15 is 0 Å². The summed E-state index contributed by atoms with van der Waals surface area (Å²) in [6.07, 6.45) is -0.346. The van der Waals surface area contributed by atoms with Crippen LogP contribution in [-0.4, -0.2) is 30.8 Å². The lowest BCUT2D eigenvalue weighted by atomic mass is 10.0. The second-order valence-electron chi connectivity index (χ2n) is 4.84. The van der Waals surface area contributed by atoms with Gasteiger partial charge in [-0.25, -0.2) is 4.79 Å². The summed E-state index contributed by atoms with van der Waals surface area (Å²) in [7, 11) is 0. The van der Waals surface area contributed by atoms with Crippen molar-refractivity contribution in [2.24, 2.45) is 11.8 Å². The van der Waals surface area contributed by atoms with Gasteiger partial charge in [-0.1, -0.05) is 37.3 Å². The molecule has 1 amide bonds. The molecule has 1 aliphatic heterocycles. The summed E-state index contributed by atoms with van der Waals surface area (Å²) < 4.78 is 17.9. The van der Waals surface area contributed by atoms with Crippen molar-refractivity contribution in [1.82, 2.24) is 4.90 Å². The van der Waals surface area contributed by atoms with Crippen LogP contribution >= 0.6 is 0 Å². The molecule has 1 heterocycles. The van der Waals surface area contributed by atoms with Crippen LogP contribution in [0.25, 0.3) is 0 Å². The van der Waals surface area contributed by atoms with E-state index in [2.05, 4.69) is 0 Å². The Morgan fingerprint density at radius 3 is 2.72 bits per heavy atom. The third-order valence-corrected chi connectivity index (χ3v) is 3.43. The predicted molar refractivity (Wildman–Crippen MR) is 66.8 cm³/mol. The Hall–Kier alpha value is -1.58. The normalized spacial score (nSPS) is 23.1. The molecule has 0 unspecified atom stereocenters. The number of hydrogen-bond acceptors (Lipinski definition) is 2. The third-order valence-electron chi connectivity index (χ3n) is 3.43. The van der Waals surface area contributed by atoms with E-state index in [9.17, 15) is 9.18 Å². The lowest BCUT2D eigenvalue weighted by Crippen LogP contribution is -2.29. The number of nitrogens with zero attached hydrogens (tertiary/aromatic N) is 1. The average Bonchev–Trinajstić information content (AvgIpc) is 2.78. The molecule has 98 valence electrons. The maximum atomic E-state index is 12.7. The van der Waals surface area contributed by atoms with Gasteiger partial charge < -0.3 is 9.64 Å². The van der Waals surface area contributed by atoms with Gasteiger partial charge in [-0.3, -0.25) is 4.39 Å². The van der Waals surface area contributed by atoms with E-state index in [0.29, 0.717) is 13.1 Å². The first-order valence-corrected chi connectivity index (χ1v) is 6.22. The van der Waals surface area contributed by atoms with Crippen molar-refractivity contribution in [1.29, 1.82) is 0 Å². The van der Waals surface area contributed by atoms with Gasteiger partial charge in [0.2, 0.25) is 0 Å². The van der Waals surface area contributed by atoms with E-state index in [4.69, 9.17) is 4.74 Å². The number of likely N-dealkylation sites (tertiary alicyclic amines) is 1. The fourth-order valence-corrected chi connectivity index (χ4v) is 2.19. The highest BCUT2D eigenvalue weighted by atomic mass is 19.1. The molecule has 0 saturated carbocycles. The van der Waals surface area contributed by atoms with Crippen molar-refractivity contribution < 1.29 is 13.9 Å². The second-order valence-corrected chi connectivity index (χ2v) is 4.84. The SMILES string of the molecule is C[C@@H]1CN(C(=O)OCc2ccccc2)C[C@H]1CF. The van der Waals surface area contributed by atoms with Crippen LogP contribution in [0.3, 0.4) is 0 Å². The lowest BCUT2D eigenvalue weighted by molar-refractivity contribution is 0.102. The Balaban J connectivity index is 1.82. The average molecular weight is 251 g/mol. The Bertz CT molecular complexity index is 396. The Morgan fingerprint density at radius 1 is 1.39 bits per heavy atom. The molecule has 2 atom stereocenters. The molecule has 0 radical (unpaired) electrons. The Labute approximate surface area is 107 Å². The quantitative estimate of drug-likeness (QED) is 0.826. The van der Waals surface area contributed by atoms with Gasteiger partial charge in [-0.15, -0.1) is 0 Å². The van der Waals surface area contributed by atoms with Crippen LogP contribution in [0.1, 0.15) is 12.5 Å². The van der Waals surface area contributed by atoms with E-state index in [1.807, 2.05) is 37.3 Å². The maximum absolute atomic E-state index is 12.7. The molecule has 3 nitrogen and oxygen atoms in total. The molecule has 18 heavy (non-hydrogen) atoms. The van der Waals surface area contributed by atoms with Gasteiger partial charge in [0, 0.05) is 19.0 Å². The molecular formula is C14H18FNO2. The minimum absolute atomic E-state index is 0.0470. The number of carbonyl (C=O) groups excluding carboxylic acids is 1. The molecule has 0 aromatic heterocycles. The maximum Gasteiger partial charge on any atom is 0.410 e. The first-order valence-electron chi connectivity index (χ1n) is 6.22. The lowest BCUT2D eigenvalue weighted by Gasteiger charge is -2.15. The van der Waals surface area contributed by atoms with Crippen LogP contribution in [-0.2, 0) is 11.3 Å². The van der Waals surface area contributed by atoms with Gasteiger partial charge in [0.05, 0.1) is 6.67 Å². The molecule has 1 fully saturated rings. The zero-order valence-electron chi connectivity index (χ0n) is 10.5. The van der Waals surface area contributed by atoms with Gasteiger partial charge >= 0.3 is 6.09 Å². The number of carbonyl (C=O) groups is 1. The van der Waals surface area contributed by atoms with Crippen molar-refractivity contribution >= 4 is 6.09 Å². The largest absolute Gasteiger partial charge is 0.445 e. The molecule has 0 spiro atoms. The smallest absolute Gasteiger partial charge is 0.410 e. The fraction of sp³-hybridized carbons (Fsp3) is 0.500. The van der Waals surface area contributed by atoms with Gasteiger partial charge in [0.25, 0.3) is 0 Å². The summed E-state index contributed by atoms with van der Waals surface area (Å²) in [5.74, 6) is 0.161. The zero-order valence-corrected chi connectivity index (χ0v) is 10.5. The van der Waals surface area contributed by atoms with Crippen molar-refractivity contribution in [3.8, 4) is 0 Å². The van der Waals surface area contributed by atoms with Crippen LogP contribution in [0.4, 0.5) is 9.18 Å². The van der Waals surface area contributed by atoms with Crippen LogP contribution in [0, 0.1) is 11.8 Å². The Morgan fingerprint density at radius 2 is 2.11 bits per heavy atom. The molecule has 1 aliphatic rings. The number of hydrogen-bond donors (Lipinski definition) is 0. The van der Waals surface area contributed by atoms with Crippen molar-refractivity contribution in [3.05, 3.63) is 35.9 Å². The van der Waals surface area contributed by atoms with E-state index < -0.39 is 0 Å². The molecule has 2 rings (SSSR count). The van der Waals surface area contributed by atoms with Gasteiger partial charge in [-0.05, 0) is 11.5 Å². The Kier molecular flexibility index (Phi) is 4.18. The van der Waals surface area contributed by atoms with E-state index in [0.717, 1.165) is 5.56 Å². The van der Waals surface area contributed by atoms with Crippen LogP contribution in [0.5, 0.6) is 0 Å². The summed E-state index contributed by atoms with van der Waals surface area (Å²) in [5, 5.41) is 0. The zero-order chi connectivity index (χ0) is 13.0. The second kappa shape index (κ2) is 5.85. The number of ether oxygens (including phenoxy) is 1. The van der Waals surface area contributed by atoms with Gasteiger partial charge in [0.1, 0.15) is 6.61 Å². The highest BCUT2D eigenvalue weighted by Crippen LogP contribution is 2.23. The molecule has 1 aromatic carbocycles. The van der Waals surface area contributed by atoms with Crippen LogP contribution < -0.4 is 0 Å². The molecule has 0 N–H and O–H groups in total. The molecular weight excluding hydrogens is 233 g/mol. The number of alkyl halides is 1. The number of halogens is 1. The number of rotatable bonds is 3. The summed E-state index contributed by atoms with van der Waals surface area (Å²) >= 11 is 0. The summed E-state index contributed by atoms with van der Waals surface area (Å²) in [6, 6.07) is 9.54. The molecule has 1 aromatic rings. The van der Waals surface area contributed by atoms with Crippen molar-refractivity contribution in [2.45, 2.75) is 13.5 Å². The predicted octanol–water partition coefficient (Wildman–Crippen LogP) is 2.86. The molecule has 0 aliphatic carbocycles. The van der Waals surface area contributed by atoms with Gasteiger partial charge in [-0.2, -0.15) is 0 Å². The van der Waals surface area contributed by atoms with Crippen LogP contribution in [0.2, 0.25) is 0 Å². The minimum Gasteiger partial charge on any atom is -0.445 e. The van der Waals surface area contributed by atoms with Crippen molar-refractivity contribution in [2.75, 3.05) is 19.8 Å². The van der Waals surface area contributed by atoms with Gasteiger partial charge in [0.15, 0.2) is 0 Å². The van der Waals surface area contributed by atoms with E-state index in [1.54, 1.807) is 4.90 Å². The summed E-state index contributed by atoms with van der Waals surface area (Å²) in [5.41, 5.74) is 0.958. The first kappa shape index (κ1) is 12.9. The standard InChI is InChI=1S/C14H18FNO2/c1-11-8-16(9-13(11)7-15)14(17)18-10-12-5-3-2-4-6-12/h2-6,11,13H,7-10H2,1H3/t11-,13-/m1/s1. The summed E-state index contributed by atoms with van der Waals surface area (Å²) in [4.78, 5) is 13.4. The summed E-state index contributed by atoms with van der Waals surface area (Å²) in [6.45, 7) is 2.91. The monoisotopic (exact) mass is 251 g/mol. The fourth-order valence-electron chi connectivity index (χ4n) is 2.19. The number of amides is 1. The first-order chi connectivity index (χ1) is 8.70. The molecule has 0 bridgehead atoms. The highest BCUT2D eigenvalue weighted by Gasteiger charge is 2.33. The topological polar surface area (TPSA) is 29.5 Å². The molecule has 1 saturated heterocycles. The van der Waals surface area contributed by atoms with E-state index in [1.165, 1.54) is 0 Å². The van der Waals surface area contributed by atoms with Crippen LogP contribution in [0.15, 0.2) is 30.3 Å². The number of benzene rings is 1.